The molecule has 0 saturated heterocycles. The summed E-state index contributed by atoms with van der Waals surface area (Å²) in [5.41, 5.74) is 2.99. The Morgan fingerprint density at radius 1 is 1.18 bits per heavy atom. The SMILES string of the molecule is O=c1c(CC2CC2)cnc2cc(-c3cccc(F)c3)ccn12. The van der Waals surface area contributed by atoms with Gasteiger partial charge < -0.3 is 0 Å². The van der Waals surface area contributed by atoms with Crippen LogP contribution >= 0.6 is 0 Å². The molecule has 0 radical (unpaired) electrons. The molecule has 0 spiro atoms. The van der Waals surface area contributed by atoms with Gasteiger partial charge in [-0.2, -0.15) is 0 Å². The molecule has 0 aliphatic heterocycles. The zero-order chi connectivity index (χ0) is 15.1. The molecule has 0 N–H and O–H groups in total. The molecule has 1 aliphatic carbocycles. The summed E-state index contributed by atoms with van der Waals surface area (Å²) < 4.78 is 14.9. The van der Waals surface area contributed by atoms with Gasteiger partial charge in [-0.05, 0) is 60.6 Å². The fourth-order valence-corrected chi connectivity index (χ4v) is 2.73. The first-order valence-corrected chi connectivity index (χ1v) is 7.47. The van der Waals surface area contributed by atoms with E-state index in [-0.39, 0.29) is 11.4 Å². The van der Waals surface area contributed by atoms with Crippen LogP contribution < -0.4 is 5.56 Å². The van der Waals surface area contributed by atoms with E-state index in [2.05, 4.69) is 4.98 Å². The van der Waals surface area contributed by atoms with Crippen LogP contribution in [0.4, 0.5) is 4.39 Å². The molecule has 3 aromatic rings. The number of fused-ring (bicyclic) bond motifs is 1. The summed E-state index contributed by atoms with van der Waals surface area (Å²) in [7, 11) is 0. The highest BCUT2D eigenvalue weighted by Gasteiger charge is 2.23. The van der Waals surface area contributed by atoms with Gasteiger partial charge in [-0.15, -0.1) is 0 Å². The second-order valence-corrected chi connectivity index (χ2v) is 5.89. The highest BCUT2D eigenvalue weighted by Crippen LogP contribution is 2.31. The van der Waals surface area contributed by atoms with Crippen LogP contribution in [0.5, 0.6) is 0 Å². The minimum absolute atomic E-state index is 0.00249. The zero-order valence-electron chi connectivity index (χ0n) is 12.0. The van der Waals surface area contributed by atoms with E-state index in [1.165, 1.54) is 25.0 Å². The normalized spacial score (nSPS) is 14.4. The maximum Gasteiger partial charge on any atom is 0.261 e. The maximum absolute atomic E-state index is 13.3. The Balaban J connectivity index is 1.79. The lowest BCUT2D eigenvalue weighted by atomic mass is 10.1. The topological polar surface area (TPSA) is 34.4 Å². The van der Waals surface area contributed by atoms with Gasteiger partial charge in [0.1, 0.15) is 11.5 Å². The Morgan fingerprint density at radius 2 is 2.00 bits per heavy atom. The molecule has 110 valence electrons. The van der Waals surface area contributed by atoms with Crippen LogP contribution in [-0.4, -0.2) is 9.38 Å². The number of hydrogen-bond donors (Lipinski definition) is 0. The third kappa shape index (κ3) is 2.41. The van der Waals surface area contributed by atoms with Crippen molar-refractivity contribution in [3.05, 3.63) is 70.5 Å². The largest absolute Gasteiger partial charge is 0.269 e. The number of hydrogen-bond acceptors (Lipinski definition) is 2. The lowest BCUT2D eigenvalue weighted by Gasteiger charge is -2.07. The Kier molecular flexibility index (Phi) is 3.03. The standard InChI is InChI=1S/C18H15FN2O/c19-16-3-1-2-13(9-16)14-6-7-21-17(10-14)20-11-15(18(21)22)8-12-4-5-12/h1-3,6-7,9-12H,4-5,8H2. The van der Waals surface area contributed by atoms with Gasteiger partial charge in [-0.3, -0.25) is 9.20 Å². The highest BCUT2D eigenvalue weighted by atomic mass is 19.1. The Morgan fingerprint density at radius 3 is 2.77 bits per heavy atom. The number of pyridine rings is 1. The highest BCUT2D eigenvalue weighted by molar-refractivity contribution is 5.67. The summed E-state index contributed by atoms with van der Waals surface area (Å²) in [6.45, 7) is 0. The Labute approximate surface area is 127 Å². The van der Waals surface area contributed by atoms with E-state index in [1.54, 1.807) is 22.9 Å². The number of rotatable bonds is 3. The summed E-state index contributed by atoms with van der Waals surface area (Å²) in [4.78, 5) is 16.9. The summed E-state index contributed by atoms with van der Waals surface area (Å²) in [6, 6.07) is 10.0. The quantitative estimate of drug-likeness (QED) is 0.741. The van der Waals surface area contributed by atoms with E-state index in [0.717, 1.165) is 23.1 Å². The van der Waals surface area contributed by atoms with Gasteiger partial charge in [-0.25, -0.2) is 9.37 Å². The van der Waals surface area contributed by atoms with Gasteiger partial charge in [0.05, 0.1) is 0 Å². The smallest absolute Gasteiger partial charge is 0.261 e. The van der Waals surface area contributed by atoms with Crippen molar-refractivity contribution in [2.45, 2.75) is 19.3 Å². The maximum atomic E-state index is 13.3. The minimum atomic E-state index is -0.275. The average molecular weight is 294 g/mol. The molecule has 22 heavy (non-hydrogen) atoms. The first-order valence-electron chi connectivity index (χ1n) is 7.47. The van der Waals surface area contributed by atoms with Gasteiger partial charge >= 0.3 is 0 Å². The number of halogens is 1. The molecule has 0 atom stereocenters. The molecule has 0 bridgehead atoms. The van der Waals surface area contributed by atoms with E-state index in [9.17, 15) is 9.18 Å². The van der Waals surface area contributed by atoms with Gasteiger partial charge in [0.15, 0.2) is 0 Å². The average Bonchev–Trinajstić information content (AvgIpc) is 3.34. The second kappa shape index (κ2) is 5.05. The van der Waals surface area contributed by atoms with Crippen molar-refractivity contribution >= 4 is 5.65 Å². The minimum Gasteiger partial charge on any atom is -0.269 e. The van der Waals surface area contributed by atoms with Crippen LogP contribution in [0.1, 0.15) is 18.4 Å². The van der Waals surface area contributed by atoms with E-state index >= 15 is 0 Å². The van der Waals surface area contributed by atoms with E-state index < -0.39 is 0 Å². The summed E-state index contributed by atoms with van der Waals surface area (Å²) in [5, 5.41) is 0. The number of nitrogens with zero attached hydrogens (tertiary/aromatic N) is 2. The molecule has 0 amide bonds. The van der Waals surface area contributed by atoms with Crippen LogP contribution in [0.15, 0.2) is 53.6 Å². The fourth-order valence-electron chi connectivity index (χ4n) is 2.73. The molecule has 4 heteroatoms. The summed E-state index contributed by atoms with van der Waals surface area (Å²) in [6.07, 6.45) is 6.65. The van der Waals surface area contributed by atoms with E-state index in [4.69, 9.17) is 0 Å². The molecule has 2 aromatic heterocycles. The second-order valence-electron chi connectivity index (χ2n) is 5.89. The van der Waals surface area contributed by atoms with Crippen molar-refractivity contribution in [2.24, 2.45) is 5.92 Å². The van der Waals surface area contributed by atoms with Crippen LogP contribution in [0.3, 0.4) is 0 Å². The van der Waals surface area contributed by atoms with Gasteiger partial charge in [-0.1, -0.05) is 12.1 Å². The van der Waals surface area contributed by atoms with Crippen LogP contribution in [-0.2, 0) is 6.42 Å². The summed E-state index contributed by atoms with van der Waals surface area (Å²) in [5.74, 6) is 0.377. The van der Waals surface area contributed by atoms with E-state index in [0.29, 0.717) is 11.6 Å². The molecule has 1 fully saturated rings. The van der Waals surface area contributed by atoms with Crippen molar-refractivity contribution in [1.82, 2.24) is 9.38 Å². The molecular formula is C18H15FN2O. The zero-order valence-corrected chi connectivity index (χ0v) is 12.0. The molecule has 1 aliphatic rings. The van der Waals surface area contributed by atoms with Crippen molar-refractivity contribution < 1.29 is 4.39 Å². The van der Waals surface area contributed by atoms with Crippen LogP contribution in [0, 0.1) is 11.7 Å². The Hall–Kier alpha value is -2.49. The molecule has 2 heterocycles. The lowest BCUT2D eigenvalue weighted by molar-refractivity contribution is 0.628. The van der Waals surface area contributed by atoms with Crippen molar-refractivity contribution in [3.63, 3.8) is 0 Å². The first kappa shape index (κ1) is 13.2. The monoisotopic (exact) mass is 294 g/mol. The predicted octanol–water partition coefficient (Wildman–Crippen LogP) is 3.45. The molecule has 4 rings (SSSR count). The van der Waals surface area contributed by atoms with Crippen molar-refractivity contribution in [2.75, 3.05) is 0 Å². The summed E-state index contributed by atoms with van der Waals surface area (Å²) >= 11 is 0. The lowest BCUT2D eigenvalue weighted by Crippen LogP contribution is -2.19. The van der Waals surface area contributed by atoms with Gasteiger partial charge in [0.2, 0.25) is 0 Å². The Bertz CT molecular complexity index is 912. The fraction of sp³-hybridized carbons (Fsp3) is 0.222. The predicted molar refractivity (Wildman–Crippen MR) is 83.3 cm³/mol. The van der Waals surface area contributed by atoms with E-state index in [1.807, 2.05) is 18.2 Å². The van der Waals surface area contributed by atoms with Crippen LogP contribution in [0.25, 0.3) is 16.8 Å². The van der Waals surface area contributed by atoms with Gasteiger partial charge in [0.25, 0.3) is 5.56 Å². The third-order valence-corrected chi connectivity index (χ3v) is 4.14. The third-order valence-electron chi connectivity index (χ3n) is 4.14. The molecule has 0 unspecified atom stereocenters. The van der Waals surface area contributed by atoms with Crippen LogP contribution in [0.2, 0.25) is 0 Å². The molecular weight excluding hydrogens is 279 g/mol. The first-order chi connectivity index (χ1) is 10.7. The van der Waals surface area contributed by atoms with Crippen molar-refractivity contribution in [3.8, 4) is 11.1 Å². The molecule has 1 aromatic carbocycles. The molecule has 1 saturated carbocycles. The van der Waals surface area contributed by atoms with Gasteiger partial charge in [0, 0.05) is 18.0 Å². The molecule has 3 nitrogen and oxygen atoms in total. The number of benzene rings is 1. The number of aromatic nitrogens is 2. The van der Waals surface area contributed by atoms with Crippen molar-refractivity contribution in [1.29, 1.82) is 0 Å².